The summed E-state index contributed by atoms with van der Waals surface area (Å²) in [6.45, 7) is 2.11. The molecule has 0 saturated carbocycles. The van der Waals surface area contributed by atoms with Crippen LogP contribution in [0.5, 0.6) is 0 Å². The zero-order chi connectivity index (χ0) is 13.7. The Morgan fingerprint density at radius 3 is 2.42 bits per heavy atom. The fraction of sp³-hybridized carbons (Fsp3) is 0.200. The highest BCUT2D eigenvalue weighted by Gasteiger charge is 2.15. The summed E-state index contributed by atoms with van der Waals surface area (Å²) < 4.78 is 13.8. The Morgan fingerprint density at radius 2 is 1.84 bits per heavy atom. The maximum absolute atomic E-state index is 13.8. The van der Waals surface area contributed by atoms with Crippen molar-refractivity contribution in [3.63, 3.8) is 0 Å². The van der Waals surface area contributed by atoms with E-state index in [1.54, 1.807) is 23.9 Å². The number of rotatable bonds is 5. The lowest BCUT2D eigenvalue weighted by Crippen LogP contribution is -2.29. The summed E-state index contributed by atoms with van der Waals surface area (Å²) in [6, 6.07) is 14.4. The molecule has 2 aromatic rings. The van der Waals surface area contributed by atoms with Gasteiger partial charge in [0, 0.05) is 10.5 Å². The van der Waals surface area contributed by atoms with Crippen molar-refractivity contribution in [2.24, 2.45) is 5.84 Å². The molecule has 2 nitrogen and oxygen atoms in total. The van der Waals surface area contributed by atoms with E-state index in [0.29, 0.717) is 5.56 Å². The molecular formula is C15H17FN2S. The number of thioether (sulfide) groups is 1. The highest BCUT2D eigenvalue weighted by Crippen LogP contribution is 2.26. The largest absolute Gasteiger partial charge is 0.271 e. The van der Waals surface area contributed by atoms with Crippen LogP contribution in [0.1, 0.15) is 24.1 Å². The normalized spacial score (nSPS) is 12.4. The average Bonchev–Trinajstić information content (AvgIpc) is 2.44. The van der Waals surface area contributed by atoms with Crippen LogP contribution in [0.4, 0.5) is 4.39 Å². The third-order valence-electron chi connectivity index (χ3n) is 2.91. The Hall–Kier alpha value is -1.36. The van der Waals surface area contributed by atoms with Crippen molar-refractivity contribution in [3.8, 4) is 0 Å². The Morgan fingerprint density at radius 1 is 1.16 bits per heavy atom. The van der Waals surface area contributed by atoms with Crippen molar-refractivity contribution in [2.45, 2.75) is 17.9 Å². The van der Waals surface area contributed by atoms with Crippen LogP contribution in [-0.4, -0.2) is 5.75 Å². The lowest BCUT2D eigenvalue weighted by Gasteiger charge is -2.17. The van der Waals surface area contributed by atoms with Crippen molar-refractivity contribution in [2.75, 3.05) is 5.75 Å². The van der Waals surface area contributed by atoms with Crippen molar-refractivity contribution in [1.82, 2.24) is 5.43 Å². The lowest BCUT2D eigenvalue weighted by atomic mass is 9.99. The number of benzene rings is 2. The summed E-state index contributed by atoms with van der Waals surface area (Å²) in [7, 11) is 0. The minimum Gasteiger partial charge on any atom is -0.271 e. The Kier molecular flexibility index (Phi) is 4.96. The van der Waals surface area contributed by atoms with E-state index >= 15 is 0 Å². The summed E-state index contributed by atoms with van der Waals surface area (Å²) in [5.74, 6) is 6.36. The van der Waals surface area contributed by atoms with Crippen LogP contribution < -0.4 is 11.3 Å². The Bertz CT molecular complexity index is 528. The van der Waals surface area contributed by atoms with Gasteiger partial charge in [0.1, 0.15) is 5.82 Å². The molecule has 0 amide bonds. The van der Waals surface area contributed by atoms with Crippen LogP contribution >= 0.6 is 11.8 Å². The number of nitrogens with two attached hydrogens (primary N) is 1. The molecule has 0 saturated heterocycles. The van der Waals surface area contributed by atoms with Crippen LogP contribution in [0.15, 0.2) is 53.4 Å². The maximum atomic E-state index is 13.8. The van der Waals surface area contributed by atoms with E-state index in [9.17, 15) is 4.39 Å². The standard InChI is InChI=1S/C15H17FN2S/c1-2-19-12-9-7-11(8-10-12)15(18-17)13-5-3-4-6-14(13)16/h3-10,15,18H,2,17H2,1H3. The van der Waals surface area contributed by atoms with Gasteiger partial charge in [-0.25, -0.2) is 9.82 Å². The molecule has 3 N–H and O–H groups in total. The highest BCUT2D eigenvalue weighted by atomic mass is 32.2. The van der Waals surface area contributed by atoms with Crippen LogP contribution in [0, 0.1) is 5.82 Å². The number of nitrogens with one attached hydrogen (secondary N) is 1. The fourth-order valence-electron chi connectivity index (χ4n) is 2.00. The summed E-state index contributed by atoms with van der Waals surface area (Å²) in [5, 5.41) is 0. The highest BCUT2D eigenvalue weighted by molar-refractivity contribution is 7.99. The van der Waals surface area contributed by atoms with Gasteiger partial charge in [-0.05, 0) is 29.5 Å². The summed E-state index contributed by atoms with van der Waals surface area (Å²) in [5.41, 5.74) is 4.19. The second-order valence-electron chi connectivity index (χ2n) is 4.12. The van der Waals surface area contributed by atoms with E-state index in [-0.39, 0.29) is 11.9 Å². The SMILES string of the molecule is CCSc1ccc(C(NN)c2ccccc2F)cc1. The molecule has 2 aromatic carbocycles. The van der Waals surface area contributed by atoms with E-state index in [2.05, 4.69) is 12.3 Å². The molecule has 2 rings (SSSR count). The molecular weight excluding hydrogens is 259 g/mol. The van der Waals surface area contributed by atoms with Gasteiger partial charge < -0.3 is 0 Å². The number of hydrogen-bond donors (Lipinski definition) is 2. The third-order valence-corrected chi connectivity index (χ3v) is 3.80. The molecule has 100 valence electrons. The fourth-order valence-corrected chi connectivity index (χ4v) is 2.66. The van der Waals surface area contributed by atoms with Gasteiger partial charge in [-0.3, -0.25) is 5.84 Å². The topological polar surface area (TPSA) is 38.0 Å². The van der Waals surface area contributed by atoms with E-state index in [1.807, 2.05) is 30.3 Å². The average molecular weight is 276 g/mol. The maximum Gasteiger partial charge on any atom is 0.128 e. The first-order chi connectivity index (χ1) is 9.26. The van der Waals surface area contributed by atoms with Crippen LogP contribution in [-0.2, 0) is 0 Å². The monoisotopic (exact) mass is 276 g/mol. The molecule has 0 spiro atoms. The molecule has 0 aliphatic carbocycles. The van der Waals surface area contributed by atoms with Gasteiger partial charge in [0.2, 0.25) is 0 Å². The van der Waals surface area contributed by atoms with E-state index in [1.165, 1.54) is 11.0 Å². The molecule has 0 fully saturated rings. The second kappa shape index (κ2) is 6.70. The number of halogens is 1. The molecule has 0 aliphatic rings. The molecule has 0 radical (unpaired) electrons. The summed E-state index contributed by atoms with van der Waals surface area (Å²) in [6.07, 6.45) is 0. The lowest BCUT2D eigenvalue weighted by molar-refractivity contribution is 0.560. The van der Waals surface area contributed by atoms with Crippen LogP contribution in [0.25, 0.3) is 0 Å². The first-order valence-electron chi connectivity index (χ1n) is 6.19. The van der Waals surface area contributed by atoms with Gasteiger partial charge in [0.05, 0.1) is 6.04 Å². The van der Waals surface area contributed by atoms with Crippen molar-refractivity contribution < 1.29 is 4.39 Å². The minimum absolute atomic E-state index is 0.252. The Labute approximate surface area is 117 Å². The van der Waals surface area contributed by atoms with Gasteiger partial charge in [0.15, 0.2) is 0 Å². The first kappa shape index (κ1) is 14.1. The molecule has 0 bridgehead atoms. The second-order valence-corrected chi connectivity index (χ2v) is 5.46. The van der Waals surface area contributed by atoms with Crippen LogP contribution in [0.3, 0.4) is 0 Å². The van der Waals surface area contributed by atoms with Gasteiger partial charge in [0.25, 0.3) is 0 Å². The zero-order valence-corrected chi connectivity index (χ0v) is 11.6. The molecule has 0 heterocycles. The quantitative estimate of drug-likeness (QED) is 0.499. The zero-order valence-electron chi connectivity index (χ0n) is 10.8. The van der Waals surface area contributed by atoms with E-state index < -0.39 is 0 Å². The van der Waals surface area contributed by atoms with Crippen molar-refractivity contribution in [3.05, 3.63) is 65.5 Å². The summed E-state index contributed by atoms with van der Waals surface area (Å²) in [4.78, 5) is 1.20. The molecule has 1 unspecified atom stereocenters. The minimum atomic E-state index is -0.332. The molecule has 0 aliphatic heterocycles. The van der Waals surface area contributed by atoms with Gasteiger partial charge >= 0.3 is 0 Å². The van der Waals surface area contributed by atoms with Gasteiger partial charge in [-0.2, -0.15) is 0 Å². The Balaban J connectivity index is 2.29. The van der Waals surface area contributed by atoms with E-state index in [0.717, 1.165) is 11.3 Å². The number of hydrazine groups is 1. The summed E-state index contributed by atoms with van der Waals surface area (Å²) >= 11 is 1.78. The third kappa shape index (κ3) is 3.35. The molecule has 19 heavy (non-hydrogen) atoms. The van der Waals surface area contributed by atoms with Crippen molar-refractivity contribution in [1.29, 1.82) is 0 Å². The van der Waals surface area contributed by atoms with Gasteiger partial charge in [-0.1, -0.05) is 37.3 Å². The molecule has 0 aromatic heterocycles. The first-order valence-corrected chi connectivity index (χ1v) is 7.18. The molecule has 1 atom stereocenters. The predicted octanol–water partition coefficient (Wildman–Crippen LogP) is 3.49. The van der Waals surface area contributed by atoms with Crippen molar-refractivity contribution >= 4 is 11.8 Å². The van der Waals surface area contributed by atoms with Gasteiger partial charge in [-0.15, -0.1) is 11.8 Å². The van der Waals surface area contributed by atoms with Crippen LogP contribution in [0.2, 0.25) is 0 Å². The smallest absolute Gasteiger partial charge is 0.128 e. The predicted molar refractivity (Wildman–Crippen MR) is 78.4 cm³/mol. The number of hydrogen-bond acceptors (Lipinski definition) is 3. The molecule has 4 heteroatoms. The van der Waals surface area contributed by atoms with E-state index in [4.69, 9.17) is 5.84 Å².